The number of nitrogen functional groups attached to an aromatic ring is 1. The molecule has 5 heteroatoms. The molecule has 1 aromatic carbocycles. The van der Waals surface area contributed by atoms with E-state index in [0.717, 1.165) is 18.5 Å². The van der Waals surface area contributed by atoms with E-state index in [2.05, 4.69) is 5.32 Å². The Bertz CT molecular complexity index is 388. The first-order valence-corrected chi connectivity index (χ1v) is 4.97. The maximum Gasteiger partial charge on any atom is 0.292 e. The van der Waals surface area contributed by atoms with Crippen molar-refractivity contribution in [2.24, 2.45) is 0 Å². The molecule has 15 heavy (non-hydrogen) atoms. The van der Waals surface area contributed by atoms with E-state index in [1.807, 2.05) is 0 Å². The van der Waals surface area contributed by atoms with Crippen molar-refractivity contribution >= 4 is 17.1 Å². The van der Waals surface area contributed by atoms with Crippen LogP contribution < -0.4 is 11.1 Å². The van der Waals surface area contributed by atoms with Gasteiger partial charge in [0, 0.05) is 17.8 Å². The van der Waals surface area contributed by atoms with Crippen LogP contribution >= 0.6 is 0 Å². The molecule has 5 nitrogen and oxygen atoms in total. The molecule has 0 aromatic heterocycles. The molecule has 1 aliphatic rings. The molecule has 1 fully saturated rings. The van der Waals surface area contributed by atoms with Gasteiger partial charge in [-0.3, -0.25) is 10.1 Å². The molecule has 0 amide bonds. The summed E-state index contributed by atoms with van der Waals surface area (Å²) in [7, 11) is 0. The van der Waals surface area contributed by atoms with Crippen molar-refractivity contribution in [3.63, 3.8) is 0 Å². The molecular weight excluding hydrogens is 194 g/mol. The normalized spacial score (nSPS) is 15.7. The Morgan fingerprint density at radius 2 is 2.20 bits per heavy atom. The Morgan fingerprint density at radius 3 is 2.67 bits per heavy atom. The molecule has 0 unspecified atom stereocenters. The first-order valence-electron chi connectivity index (χ1n) is 4.97. The van der Waals surface area contributed by atoms with Crippen LogP contribution in [0.15, 0.2) is 18.2 Å². The van der Waals surface area contributed by atoms with Crippen LogP contribution in [-0.4, -0.2) is 11.0 Å². The number of nitro groups is 1. The second-order valence-corrected chi connectivity index (χ2v) is 3.80. The van der Waals surface area contributed by atoms with Gasteiger partial charge in [-0.05, 0) is 31.4 Å². The Labute approximate surface area is 87.4 Å². The van der Waals surface area contributed by atoms with Crippen LogP contribution in [0.3, 0.4) is 0 Å². The van der Waals surface area contributed by atoms with Gasteiger partial charge >= 0.3 is 0 Å². The van der Waals surface area contributed by atoms with Crippen molar-refractivity contribution in [3.05, 3.63) is 28.3 Å². The summed E-state index contributed by atoms with van der Waals surface area (Å²) >= 11 is 0. The molecule has 1 aromatic rings. The van der Waals surface area contributed by atoms with Crippen molar-refractivity contribution in [3.8, 4) is 0 Å². The third-order valence-electron chi connectivity index (χ3n) is 2.70. The zero-order valence-corrected chi connectivity index (χ0v) is 8.27. The number of benzene rings is 1. The fraction of sp³-hybridized carbons (Fsp3) is 0.400. The lowest BCUT2D eigenvalue weighted by atomic mass is 9.93. The molecule has 1 aliphatic carbocycles. The number of anilines is 2. The van der Waals surface area contributed by atoms with Crippen LogP contribution in [0.1, 0.15) is 19.3 Å². The number of nitro benzene ring substituents is 1. The summed E-state index contributed by atoms with van der Waals surface area (Å²) in [5, 5.41) is 13.8. The molecule has 0 aliphatic heterocycles. The highest BCUT2D eigenvalue weighted by Crippen LogP contribution is 2.28. The molecule has 0 atom stereocenters. The number of hydrogen-bond acceptors (Lipinski definition) is 4. The molecule has 80 valence electrons. The first-order chi connectivity index (χ1) is 7.16. The number of hydrogen-bond donors (Lipinski definition) is 2. The van der Waals surface area contributed by atoms with Gasteiger partial charge in [-0.25, -0.2) is 0 Å². The predicted octanol–water partition coefficient (Wildman–Crippen LogP) is 2.14. The standard InChI is InChI=1S/C10H13N3O2/c11-9-6-8(12-7-2-1-3-7)4-5-10(9)13(14)15/h4-7,12H,1-3,11H2. The SMILES string of the molecule is Nc1cc(NC2CCC2)ccc1[N+](=O)[O-]. The van der Waals surface area contributed by atoms with Crippen molar-refractivity contribution in [1.82, 2.24) is 0 Å². The zero-order chi connectivity index (χ0) is 10.8. The highest BCUT2D eigenvalue weighted by molar-refractivity contribution is 5.66. The fourth-order valence-electron chi connectivity index (χ4n) is 1.60. The second-order valence-electron chi connectivity index (χ2n) is 3.80. The Hall–Kier alpha value is -1.78. The Morgan fingerprint density at radius 1 is 1.47 bits per heavy atom. The van der Waals surface area contributed by atoms with Crippen molar-refractivity contribution in [2.75, 3.05) is 11.1 Å². The summed E-state index contributed by atoms with van der Waals surface area (Å²) in [6.45, 7) is 0. The van der Waals surface area contributed by atoms with Crippen molar-refractivity contribution < 1.29 is 4.92 Å². The van der Waals surface area contributed by atoms with E-state index in [1.54, 1.807) is 12.1 Å². The van der Waals surface area contributed by atoms with E-state index in [-0.39, 0.29) is 11.4 Å². The van der Waals surface area contributed by atoms with Crippen LogP contribution in [0.2, 0.25) is 0 Å². The monoisotopic (exact) mass is 207 g/mol. The van der Waals surface area contributed by atoms with E-state index in [9.17, 15) is 10.1 Å². The minimum absolute atomic E-state index is 0.0332. The van der Waals surface area contributed by atoms with E-state index in [4.69, 9.17) is 5.73 Å². The summed E-state index contributed by atoms with van der Waals surface area (Å²) in [5.41, 5.74) is 6.62. The quantitative estimate of drug-likeness (QED) is 0.452. The van der Waals surface area contributed by atoms with Crippen LogP contribution in [0.5, 0.6) is 0 Å². The van der Waals surface area contributed by atoms with Crippen LogP contribution in [0, 0.1) is 10.1 Å². The molecule has 1 saturated carbocycles. The summed E-state index contributed by atoms with van der Waals surface area (Å²) in [6, 6.07) is 5.27. The predicted molar refractivity (Wildman–Crippen MR) is 58.8 cm³/mol. The minimum Gasteiger partial charge on any atom is -0.393 e. The Balaban J connectivity index is 2.13. The van der Waals surface area contributed by atoms with Crippen molar-refractivity contribution in [2.45, 2.75) is 25.3 Å². The molecule has 3 N–H and O–H groups in total. The van der Waals surface area contributed by atoms with Crippen molar-refractivity contribution in [1.29, 1.82) is 0 Å². The first kappa shape index (κ1) is 9.76. The van der Waals surface area contributed by atoms with Gasteiger partial charge in [-0.2, -0.15) is 0 Å². The minimum atomic E-state index is -0.470. The lowest BCUT2D eigenvalue weighted by Crippen LogP contribution is -2.26. The molecule has 0 radical (unpaired) electrons. The molecule has 0 saturated heterocycles. The van der Waals surface area contributed by atoms with Gasteiger partial charge in [-0.15, -0.1) is 0 Å². The molecule has 0 heterocycles. The van der Waals surface area contributed by atoms with Crippen LogP contribution in [0.25, 0.3) is 0 Å². The second kappa shape index (κ2) is 3.76. The fourth-order valence-corrected chi connectivity index (χ4v) is 1.60. The average Bonchev–Trinajstić information content (AvgIpc) is 2.11. The zero-order valence-electron chi connectivity index (χ0n) is 8.27. The number of nitrogens with two attached hydrogens (primary N) is 1. The van der Waals surface area contributed by atoms with Gasteiger partial charge in [0.1, 0.15) is 5.69 Å². The van der Waals surface area contributed by atoms with Gasteiger partial charge in [0.2, 0.25) is 0 Å². The topological polar surface area (TPSA) is 81.2 Å². The van der Waals surface area contributed by atoms with Crippen LogP contribution in [-0.2, 0) is 0 Å². The van der Waals surface area contributed by atoms with Gasteiger partial charge in [0.15, 0.2) is 0 Å². The third-order valence-corrected chi connectivity index (χ3v) is 2.70. The molecule has 2 rings (SSSR count). The van der Waals surface area contributed by atoms with E-state index in [0.29, 0.717) is 6.04 Å². The smallest absolute Gasteiger partial charge is 0.292 e. The highest BCUT2D eigenvalue weighted by atomic mass is 16.6. The van der Waals surface area contributed by atoms with E-state index in [1.165, 1.54) is 12.5 Å². The summed E-state index contributed by atoms with van der Waals surface area (Å²) in [4.78, 5) is 10.1. The van der Waals surface area contributed by atoms with E-state index >= 15 is 0 Å². The maximum atomic E-state index is 10.5. The summed E-state index contributed by atoms with van der Waals surface area (Å²) in [5.74, 6) is 0. The molecule has 0 spiro atoms. The van der Waals surface area contributed by atoms with Gasteiger partial charge < -0.3 is 11.1 Å². The third kappa shape index (κ3) is 2.01. The number of nitrogens with one attached hydrogen (secondary N) is 1. The lowest BCUT2D eigenvalue weighted by molar-refractivity contribution is -0.383. The number of rotatable bonds is 3. The maximum absolute atomic E-state index is 10.5. The Kier molecular flexibility index (Phi) is 2.45. The van der Waals surface area contributed by atoms with Gasteiger partial charge in [0.25, 0.3) is 5.69 Å². The largest absolute Gasteiger partial charge is 0.393 e. The lowest BCUT2D eigenvalue weighted by Gasteiger charge is -2.27. The van der Waals surface area contributed by atoms with Crippen LogP contribution in [0.4, 0.5) is 17.1 Å². The highest BCUT2D eigenvalue weighted by Gasteiger charge is 2.18. The summed E-state index contributed by atoms with van der Waals surface area (Å²) < 4.78 is 0. The van der Waals surface area contributed by atoms with E-state index < -0.39 is 4.92 Å². The summed E-state index contributed by atoms with van der Waals surface area (Å²) in [6.07, 6.45) is 3.58. The molecule has 0 bridgehead atoms. The van der Waals surface area contributed by atoms with Gasteiger partial charge in [-0.1, -0.05) is 0 Å². The number of nitrogens with zero attached hydrogens (tertiary/aromatic N) is 1. The van der Waals surface area contributed by atoms with Gasteiger partial charge in [0.05, 0.1) is 4.92 Å². The molecular formula is C10H13N3O2. The average molecular weight is 207 g/mol.